The number of halogens is 2. The van der Waals surface area contributed by atoms with Crippen LogP contribution in [0, 0.1) is 12.7 Å². The molecule has 2 heterocycles. The third kappa shape index (κ3) is 3.97. The van der Waals surface area contributed by atoms with Crippen LogP contribution in [0.4, 0.5) is 4.39 Å². The standard InChI is InChI=1S/C16H17BrFN3OS/c1-11-19-13(10-23-11)9-20-4-6-21(7-5-20)16(22)14-3-2-12(17)8-15(14)18/h2-3,8,10H,4-7,9H2,1H3. The summed E-state index contributed by atoms with van der Waals surface area (Å²) < 4.78 is 14.6. The summed E-state index contributed by atoms with van der Waals surface area (Å²) in [5.74, 6) is -0.719. The molecule has 1 aromatic heterocycles. The molecule has 7 heteroatoms. The van der Waals surface area contributed by atoms with Crippen LogP contribution in [0.1, 0.15) is 21.1 Å². The Balaban J connectivity index is 1.59. The maximum Gasteiger partial charge on any atom is 0.256 e. The molecule has 0 radical (unpaired) electrons. The average molecular weight is 398 g/mol. The molecule has 0 saturated carbocycles. The molecule has 4 nitrogen and oxygen atoms in total. The molecule has 2 aromatic rings. The first-order chi connectivity index (χ1) is 11.0. The van der Waals surface area contributed by atoms with E-state index in [2.05, 4.69) is 31.2 Å². The maximum atomic E-state index is 13.9. The summed E-state index contributed by atoms with van der Waals surface area (Å²) in [5.41, 5.74) is 1.21. The number of thiazole rings is 1. The zero-order chi connectivity index (χ0) is 16.4. The predicted octanol–water partition coefficient (Wildman–Crippen LogP) is 3.31. The molecule has 0 unspecified atom stereocenters. The van der Waals surface area contributed by atoms with Gasteiger partial charge in [-0.05, 0) is 25.1 Å². The van der Waals surface area contributed by atoms with Crippen LogP contribution in [0.3, 0.4) is 0 Å². The van der Waals surface area contributed by atoms with Gasteiger partial charge in [-0.15, -0.1) is 11.3 Å². The topological polar surface area (TPSA) is 36.4 Å². The van der Waals surface area contributed by atoms with E-state index in [1.165, 1.54) is 12.1 Å². The Hall–Kier alpha value is -1.31. The monoisotopic (exact) mass is 397 g/mol. The molecule has 0 bridgehead atoms. The number of carbonyl (C=O) groups excluding carboxylic acids is 1. The van der Waals surface area contributed by atoms with Crippen molar-refractivity contribution < 1.29 is 9.18 Å². The fraction of sp³-hybridized carbons (Fsp3) is 0.375. The van der Waals surface area contributed by atoms with E-state index >= 15 is 0 Å². The Bertz CT molecular complexity index is 713. The van der Waals surface area contributed by atoms with Crippen molar-refractivity contribution in [1.82, 2.24) is 14.8 Å². The van der Waals surface area contributed by atoms with Gasteiger partial charge in [-0.25, -0.2) is 9.37 Å². The number of aryl methyl sites for hydroxylation is 1. The fourth-order valence-corrected chi connectivity index (χ4v) is 3.59. The first-order valence-electron chi connectivity index (χ1n) is 7.40. The summed E-state index contributed by atoms with van der Waals surface area (Å²) in [6.07, 6.45) is 0. The van der Waals surface area contributed by atoms with E-state index in [9.17, 15) is 9.18 Å². The molecule has 1 saturated heterocycles. The van der Waals surface area contributed by atoms with E-state index < -0.39 is 5.82 Å². The lowest BCUT2D eigenvalue weighted by atomic mass is 10.1. The summed E-state index contributed by atoms with van der Waals surface area (Å²) in [7, 11) is 0. The van der Waals surface area contributed by atoms with E-state index in [0.29, 0.717) is 17.6 Å². The summed E-state index contributed by atoms with van der Waals surface area (Å²) in [4.78, 5) is 20.9. The number of nitrogens with zero attached hydrogens (tertiary/aromatic N) is 3. The molecular formula is C16H17BrFN3OS. The van der Waals surface area contributed by atoms with Crippen molar-refractivity contribution in [3.63, 3.8) is 0 Å². The zero-order valence-electron chi connectivity index (χ0n) is 12.8. The molecule has 3 rings (SSSR count). The zero-order valence-corrected chi connectivity index (χ0v) is 15.2. The second kappa shape index (κ2) is 7.07. The van der Waals surface area contributed by atoms with Gasteiger partial charge in [0.1, 0.15) is 5.82 Å². The number of hydrogen-bond donors (Lipinski definition) is 0. The van der Waals surface area contributed by atoms with Gasteiger partial charge in [0.15, 0.2) is 0 Å². The molecule has 23 heavy (non-hydrogen) atoms. The molecule has 1 aromatic carbocycles. The van der Waals surface area contributed by atoms with E-state index in [1.54, 1.807) is 22.3 Å². The Morgan fingerprint density at radius 2 is 2.09 bits per heavy atom. The molecule has 122 valence electrons. The predicted molar refractivity (Wildman–Crippen MR) is 92.1 cm³/mol. The van der Waals surface area contributed by atoms with Crippen molar-refractivity contribution in [1.29, 1.82) is 0 Å². The highest BCUT2D eigenvalue weighted by Gasteiger charge is 2.24. The summed E-state index contributed by atoms with van der Waals surface area (Å²) in [6, 6.07) is 4.55. The quantitative estimate of drug-likeness (QED) is 0.796. The number of rotatable bonds is 3. The van der Waals surface area contributed by atoms with Gasteiger partial charge in [0.25, 0.3) is 5.91 Å². The average Bonchev–Trinajstić information content (AvgIpc) is 2.92. The van der Waals surface area contributed by atoms with E-state index in [4.69, 9.17) is 0 Å². The number of benzene rings is 1. The van der Waals surface area contributed by atoms with Gasteiger partial charge in [-0.1, -0.05) is 15.9 Å². The summed E-state index contributed by atoms with van der Waals surface area (Å²) >= 11 is 4.86. The van der Waals surface area contributed by atoms with Crippen LogP contribution in [0.25, 0.3) is 0 Å². The van der Waals surface area contributed by atoms with Gasteiger partial charge < -0.3 is 4.90 Å². The summed E-state index contributed by atoms with van der Waals surface area (Å²) in [6.45, 7) is 5.58. The van der Waals surface area contributed by atoms with Crippen LogP contribution in [0.15, 0.2) is 28.1 Å². The Morgan fingerprint density at radius 3 is 2.70 bits per heavy atom. The van der Waals surface area contributed by atoms with Crippen LogP contribution >= 0.6 is 27.3 Å². The molecule has 0 atom stereocenters. The summed E-state index contributed by atoms with van der Waals surface area (Å²) in [5, 5.41) is 3.14. The van der Waals surface area contributed by atoms with Crippen LogP contribution in [-0.2, 0) is 6.54 Å². The molecule has 1 amide bonds. The number of carbonyl (C=O) groups is 1. The van der Waals surface area contributed by atoms with Gasteiger partial charge in [0.2, 0.25) is 0 Å². The van der Waals surface area contributed by atoms with Gasteiger partial charge in [-0.2, -0.15) is 0 Å². The Labute approximate surface area is 147 Å². The number of aromatic nitrogens is 1. The van der Waals surface area contributed by atoms with Crippen molar-refractivity contribution >= 4 is 33.2 Å². The number of piperazine rings is 1. The molecular weight excluding hydrogens is 381 g/mol. The van der Waals surface area contributed by atoms with Gasteiger partial charge in [0, 0.05) is 42.6 Å². The molecule has 0 N–H and O–H groups in total. The van der Waals surface area contributed by atoms with E-state index in [0.717, 1.165) is 30.3 Å². The third-order valence-corrected chi connectivity index (χ3v) is 5.19. The minimum atomic E-state index is -0.482. The Morgan fingerprint density at radius 1 is 1.35 bits per heavy atom. The van der Waals surface area contributed by atoms with E-state index in [-0.39, 0.29) is 11.5 Å². The van der Waals surface area contributed by atoms with Crippen molar-refractivity contribution in [2.45, 2.75) is 13.5 Å². The smallest absolute Gasteiger partial charge is 0.256 e. The lowest BCUT2D eigenvalue weighted by Crippen LogP contribution is -2.48. The van der Waals surface area contributed by atoms with Gasteiger partial charge >= 0.3 is 0 Å². The molecule has 1 fully saturated rings. The van der Waals surface area contributed by atoms with Gasteiger partial charge in [0.05, 0.1) is 16.3 Å². The molecule has 1 aliphatic heterocycles. The number of amides is 1. The fourth-order valence-electron chi connectivity index (χ4n) is 2.65. The van der Waals surface area contributed by atoms with Crippen LogP contribution in [0.5, 0.6) is 0 Å². The highest BCUT2D eigenvalue weighted by atomic mass is 79.9. The highest BCUT2D eigenvalue weighted by Crippen LogP contribution is 2.18. The maximum absolute atomic E-state index is 13.9. The lowest BCUT2D eigenvalue weighted by molar-refractivity contribution is 0.0622. The molecule has 0 aliphatic carbocycles. The largest absolute Gasteiger partial charge is 0.336 e. The normalized spacial score (nSPS) is 15.9. The minimum absolute atomic E-state index is 0.136. The van der Waals surface area contributed by atoms with Crippen molar-refractivity contribution in [2.24, 2.45) is 0 Å². The van der Waals surface area contributed by atoms with Gasteiger partial charge in [-0.3, -0.25) is 9.69 Å². The second-order valence-electron chi connectivity index (χ2n) is 5.55. The van der Waals surface area contributed by atoms with Crippen molar-refractivity contribution in [2.75, 3.05) is 26.2 Å². The minimum Gasteiger partial charge on any atom is -0.336 e. The Kier molecular flexibility index (Phi) is 5.08. The first-order valence-corrected chi connectivity index (χ1v) is 9.08. The second-order valence-corrected chi connectivity index (χ2v) is 7.53. The molecule has 0 spiro atoms. The van der Waals surface area contributed by atoms with Crippen molar-refractivity contribution in [3.05, 3.63) is 50.1 Å². The highest BCUT2D eigenvalue weighted by molar-refractivity contribution is 9.10. The first kappa shape index (κ1) is 16.5. The van der Waals surface area contributed by atoms with Crippen LogP contribution in [0.2, 0.25) is 0 Å². The van der Waals surface area contributed by atoms with Crippen molar-refractivity contribution in [3.8, 4) is 0 Å². The van der Waals surface area contributed by atoms with Crippen LogP contribution in [-0.4, -0.2) is 46.9 Å². The number of hydrogen-bond acceptors (Lipinski definition) is 4. The molecule has 1 aliphatic rings. The third-order valence-electron chi connectivity index (χ3n) is 3.87. The lowest BCUT2D eigenvalue weighted by Gasteiger charge is -2.34. The van der Waals surface area contributed by atoms with E-state index in [1.807, 2.05) is 6.92 Å². The SMILES string of the molecule is Cc1nc(CN2CCN(C(=O)c3ccc(Br)cc3F)CC2)cs1. The van der Waals surface area contributed by atoms with Crippen LogP contribution < -0.4 is 0 Å².